The van der Waals surface area contributed by atoms with Crippen LogP contribution in [0.15, 0.2) is 48.5 Å². The van der Waals surface area contributed by atoms with Crippen molar-refractivity contribution in [3.8, 4) is 0 Å². The van der Waals surface area contributed by atoms with Crippen molar-refractivity contribution >= 4 is 0 Å². The Morgan fingerprint density at radius 2 is 1.58 bits per heavy atom. The molecule has 0 unspecified atom stereocenters. The standard InChI is InChI=1S/C20H25FN2O/c21-20-7-3-4-17(14-20)8-9-22-10-12-23(13-11-22)15-18-5-1-2-6-19(18)16-24/h1-7,14,24H,8-13,15-16H2. The van der Waals surface area contributed by atoms with Crippen LogP contribution in [0, 0.1) is 5.82 Å². The van der Waals surface area contributed by atoms with Crippen LogP contribution in [-0.4, -0.2) is 47.6 Å². The number of aliphatic hydroxyl groups is 1. The fraction of sp³-hybridized carbons (Fsp3) is 0.400. The van der Waals surface area contributed by atoms with Crippen molar-refractivity contribution in [3.63, 3.8) is 0 Å². The molecule has 128 valence electrons. The molecule has 1 N–H and O–H groups in total. The van der Waals surface area contributed by atoms with Crippen LogP contribution in [-0.2, 0) is 19.6 Å². The topological polar surface area (TPSA) is 26.7 Å². The quantitative estimate of drug-likeness (QED) is 0.883. The Hall–Kier alpha value is -1.75. The molecule has 24 heavy (non-hydrogen) atoms. The maximum absolute atomic E-state index is 13.2. The van der Waals surface area contributed by atoms with Gasteiger partial charge in [-0.1, -0.05) is 36.4 Å². The Kier molecular flexibility index (Phi) is 5.96. The first kappa shape index (κ1) is 17.1. The van der Waals surface area contributed by atoms with Gasteiger partial charge in [-0.25, -0.2) is 4.39 Å². The highest BCUT2D eigenvalue weighted by atomic mass is 19.1. The van der Waals surface area contributed by atoms with Gasteiger partial charge >= 0.3 is 0 Å². The molecule has 1 aliphatic heterocycles. The summed E-state index contributed by atoms with van der Waals surface area (Å²) in [4.78, 5) is 4.88. The normalized spacial score (nSPS) is 16.4. The lowest BCUT2D eigenvalue weighted by molar-refractivity contribution is 0.127. The second-order valence-electron chi connectivity index (χ2n) is 6.42. The van der Waals surface area contributed by atoms with Gasteiger partial charge in [0.25, 0.3) is 0 Å². The van der Waals surface area contributed by atoms with Crippen molar-refractivity contribution in [2.75, 3.05) is 32.7 Å². The Labute approximate surface area is 143 Å². The number of benzene rings is 2. The molecule has 0 bridgehead atoms. The molecule has 2 aromatic rings. The molecule has 4 heteroatoms. The number of nitrogens with zero attached hydrogens (tertiary/aromatic N) is 2. The van der Waals surface area contributed by atoms with Gasteiger partial charge in [-0.15, -0.1) is 0 Å². The summed E-state index contributed by atoms with van der Waals surface area (Å²) in [5, 5.41) is 9.43. The minimum Gasteiger partial charge on any atom is -0.392 e. The summed E-state index contributed by atoms with van der Waals surface area (Å²) >= 11 is 0. The van der Waals surface area contributed by atoms with Gasteiger partial charge in [0.2, 0.25) is 0 Å². The summed E-state index contributed by atoms with van der Waals surface area (Å²) < 4.78 is 13.2. The molecule has 1 saturated heterocycles. The summed E-state index contributed by atoms with van der Waals surface area (Å²) in [6.07, 6.45) is 0.894. The van der Waals surface area contributed by atoms with Gasteiger partial charge in [0, 0.05) is 39.3 Å². The first-order valence-electron chi connectivity index (χ1n) is 8.61. The lowest BCUT2D eigenvalue weighted by atomic mass is 10.1. The molecule has 0 aromatic heterocycles. The van der Waals surface area contributed by atoms with Crippen molar-refractivity contribution in [1.29, 1.82) is 0 Å². The summed E-state index contributed by atoms with van der Waals surface area (Å²) in [5.41, 5.74) is 3.30. The van der Waals surface area contributed by atoms with Gasteiger partial charge in [0.05, 0.1) is 6.61 Å². The molecule has 3 nitrogen and oxygen atoms in total. The van der Waals surface area contributed by atoms with Crippen LogP contribution in [0.25, 0.3) is 0 Å². The average molecular weight is 328 g/mol. The second-order valence-corrected chi connectivity index (χ2v) is 6.42. The molecular weight excluding hydrogens is 303 g/mol. The number of hydrogen-bond donors (Lipinski definition) is 1. The van der Waals surface area contributed by atoms with E-state index in [4.69, 9.17) is 0 Å². The van der Waals surface area contributed by atoms with E-state index in [1.807, 2.05) is 24.3 Å². The minimum atomic E-state index is -0.153. The Bertz CT molecular complexity index is 654. The predicted molar refractivity (Wildman–Crippen MR) is 94.2 cm³/mol. The first-order chi connectivity index (χ1) is 11.7. The second kappa shape index (κ2) is 8.38. The van der Waals surface area contributed by atoms with Crippen molar-refractivity contribution in [2.45, 2.75) is 19.6 Å². The van der Waals surface area contributed by atoms with Gasteiger partial charge < -0.3 is 10.0 Å². The Balaban J connectivity index is 1.45. The lowest BCUT2D eigenvalue weighted by Gasteiger charge is -2.35. The monoisotopic (exact) mass is 328 g/mol. The molecule has 0 spiro atoms. The molecule has 0 atom stereocenters. The molecule has 0 radical (unpaired) electrons. The number of piperazine rings is 1. The highest BCUT2D eigenvalue weighted by molar-refractivity contribution is 5.26. The molecule has 0 saturated carbocycles. The number of rotatable bonds is 6. The van der Waals surface area contributed by atoms with Gasteiger partial charge in [-0.3, -0.25) is 4.90 Å². The maximum atomic E-state index is 13.2. The molecule has 3 rings (SSSR count). The van der Waals surface area contributed by atoms with Crippen LogP contribution in [0.5, 0.6) is 0 Å². The van der Waals surface area contributed by atoms with Crippen molar-refractivity contribution < 1.29 is 9.50 Å². The van der Waals surface area contributed by atoms with Gasteiger partial charge in [0.15, 0.2) is 0 Å². The van der Waals surface area contributed by atoms with Gasteiger partial charge in [-0.2, -0.15) is 0 Å². The van der Waals surface area contributed by atoms with E-state index >= 15 is 0 Å². The highest BCUT2D eigenvalue weighted by Gasteiger charge is 2.17. The van der Waals surface area contributed by atoms with E-state index in [0.29, 0.717) is 0 Å². The fourth-order valence-corrected chi connectivity index (χ4v) is 3.26. The highest BCUT2D eigenvalue weighted by Crippen LogP contribution is 2.14. The largest absolute Gasteiger partial charge is 0.392 e. The number of aliphatic hydroxyl groups excluding tert-OH is 1. The molecule has 1 fully saturated rings. The van der Waals surface area contributed by atoms with Crippen LogP contribution in [0.3, 0.4) is 0 Å². The third-order valence-corrected chi connectivity index (χ3v) is 4.75. The van der Waals surface area contributed by atoms with Crippen LogP contribution in [0.2, 0.25) is 0 Å². The summed E-state index contributed by atoms with van der Waals surface area (Å²) in [6.45, 7) is 6.11. The predicted octanol–water partition coefficient (Wildman–Crippen LogP) is 2.68. The van der Waals surface area contributed by atoms with Gasteiger partial charge in [0.1, 0.15) is 5.82 Å². The third kappa shape index (κ3) is 4.63. The molecule has 1 heterocycles. The fourth-order valence-electron chi connectivity index (χ4n) is 3.26. The number of hydrogen-bond acceptors (Lipinski definition) is 3. The Morgan fingerprint density at radius 3 is 2.29 bits per heavy atom. The molecule has 0 amide bonds. The zero-order valence-electron chi connectivity index (χ0n) is 14.0. The van der Waals surface area contributed by atoms with E-state index in [1.54, 1.807) is 12.1 Å². The summed E-state index contributed by atoms with van der Waals surface area (Å²) in [7, 11) is 0. The van der Waals surface area contributed by atoms with E-state index in [1.165, 1.54) is 11.6 Å². The maximum Gasteiger partial charge on any atom is 0.123 e. The van der Waals surface area contributed by atoms with E-state index < -0.39 is 0 Å². The van der Waals surface area contributed by atoms with Crippen molar-refractivity contribution in [1.82, 2.24) is 9.80 Å². The van der Waals surface area contributed by atoms with Crippen LogP contribution in [0.1, 0.15) is 16.7 Å². The van der Waals surface area contributed by atoms with Crippen molar-refractivity contribution in [3.05, 3.63) is 71.0 Å². The van der Waals surface area contributed by atoms with E-state index in [2.05, 4.69) is 15.9 Å². The smallest absolute Gasteiger partial charge is 0.123 e. The number of halogens is 1. The summed E-state index contributed by atoms with van der Waals surface area (Å²) in [6, 6.07) is 15.0. The van der Waals surface area contributed by atoms with Crippen LogP contribution in [0.4, 0.5) is 4.39 Å². The Morgan fingerprint density at radius 1 is 0.875 bits per heavy atom. The summed E-state index contributed by atoms with van der Waals surface area (Å²) in [5.74, 6) is -0.153. The zero-order chi connectivity index (χ0) is 16.8. The molecule has 1 aliphatic rings. The lowest BCUT2D eigenvalue weighted by Crippen LogP contribution is -2.46. The molecular formula is C20H25FN2O. The van der Waals surface area contributed by atoms with Crippen LogP contribution >= 0.6 is 0 Å². The average Bonchev–Trinajstić information content (AvgIpc) is 2.62. The van der Waals surface area contributed by atoms with Gasteiger partial charge in [-0.05, 0) is 35.2 Å². The van der Waals surface area contributed by atoms with E-state index in [0.717, 1.165) is 56.8 Å². The van der Waals surface area contributed by atoms with Crippen molar-refractivity contribution in [2.24, 2.45) is 0 Å². The zero-order valence-corrected chi connectivity index (χ0v) is 14.0. The first-order valence-corrected chi connectivity index (χ1v) is 8.61. The molecule has 2 aromatic carbocycles. The third-order valence-electron chi connectivity index (χ3n) is 4.75. The molecule has 0 aliphatic carbocycles. The van der Waals surface area contributed by atoms with Crippen LogP contribution < -0.4 is 0 Å². The van der Waals surface area contributed by atoms with E-state index in [9.17, 15) is 9.50 Å². The SMILES string of the molecule is OCc1ccccc1CN1CCN(CCc2cccc(F)c2)CC1. The minimum absolute atomic E-state index is 0.101. The van der Waals surface area contributed by atoms with E-state index in [-0.39, 0.29) is 12.4 Å².